The summed E-state index contributed by atoms with van der Waals surface area (Å²) in [5, 5.41) is 15.1. The predicted octanol–water partition coefficient (Wildman–Crippen LogP) is 3.77. The van der Waals surface area contributed by atoms with Crippen LogP contribution in [0.3, 0.4) is 0 Å². The summed E-state index contributed by atoms with van der Waals surface area (Å²) in [5.74, 6) is -1.66. The van der Waals surface area contributed by atoms with E-state index in [1.54, 1.807) is 37.9 Å². The molecular weight excluding hydrogens is 599 g/mol. The summed E-state index contributed by atoms with van der Waals surface area (Å²) in [6.45, 7) is 7.89. The maximum absolute atomic E-state index is 14.6. The molecule has 0 radical (unpaired) electrons. The number of rotatable bonds is 10. The predicted molar refractivity (Wildman–Crippen MR) is 160 cm³/mol. The van der Waals surface area contributed by atoms with Gasteiger partial charge in [-0.05, 0) is 33.3 Å². The molecule has 0 bridgehead atoms. The van der Waals surface area contributed by atoms with Gasteiger partial charge in [-0.1, -0.05) is 23.7 Å². The number of carbonyl (C=O) groups is 3. The SMILES string of the molecule is CCOC(=O)C1=C(CN2CCN3C(=O)N(CCC(C)(C)C(=O)O)C[C@@H]3C2)NC(c2nccs2)=N[C@H]1c1cccc(F)c1Cl. The van der Waals surface area contributed by atoms with Gasteiger partial charge in [-0.2, -0.15) is 0 Å². The Bertz CT molecular complexity index is 1470. The van der Waals surface area contributed by atoms with Crippen LogP contribution in [0.5, 0.6) is 0 Å². The molecule has 0 saturated carbocycles. The fourth-order valence-electron chi connectivity index (χ4n) is 5.49. The van der Waals surface area contributed by atoms with E-state index in [1.165, 1.54) is 23.5 Å². The Balaban J connectivity index is 1.42. The van der Waals surface area contributed by atoms with Crippen molar-refractivity contribution in [1.82, 2.24) is 25.0 Å². The Morgan fingerprint density at radius 3 is 2.77 bits per heavy atom. The number of carboxylic acid groups (broad SMARTS) is 1. The number of esters is 1. The van der Waals surface area contributed by atoms with Crippen molar-refractivity contribution >= 4 is 46.7 Å². The molecule has 1 aromatic carbocycles. The van der Waals surface area contributed by atoms with Crippen LogP contribution in [0.15, 0.2) is 46.0 Å². The van der Waals surface area contributed by atoms with Crippen LogP contribution in [0.4, 0.5) is 9.18 Å². The molecule has 3 aliphatic rings. The van der Waals surface area contributed by atoms with Crippen molar-refractivity contribution in [2.45, 2.75) is 39.3 Å². The fourth-order valence-corrected chi connectivity index (χ4v) is 6.31. The quantitative estimate of drug-likeness (QED) is 0.379. The number of piperazine rings is 1. The third-order valence-corrected chi connectivity index (χ3v) is 9.19. The Morgan fingerprint density at radius 2 is 2.07 bits per heavy atom. The van der Waals surface area contributed by atoms with Gasteiger partial charge in [-0.25, -0.2) is 19.0 Å². The number of carboxylic acids is 1. The molecule has 2 saturated heterocycles. The second kappa shape index (κ2) is 12.6. The molecule has 3 aliphatic heterocycles. The smallest absolute Gasteiger partial charge is 0.338 e. The van der Waals surface area contributed by atoms with Gasteiger partial charge >= 0.3 is 18.0 Å². The highest BCUT2D eigenvalue weighted by molar-refractivity contribution is 7.11. The summed E-state index contributed by atoms with van der Waals surface area (Å²) >= 11 is 7.78. The lowest BCUT2D eigenvalue weighted by atomic mass is 9.89. The third-order valence-electron chi connectivity index (χ3n) is 8.01. The van der Waals surface area contributed by atoms with Crippen molar-refractivity contribution in [1.29, 1.82) is 0 Å². The van der Waals surface area contributed by atoms with E-state index in [4.69, 9.17) is 21.3 Å². The zero-order valence-electron chi connectivity index (χ0n) is 24.2. The molecular formula is C29H34ClFN6O5S. The van der Waals surface area contributed by atoms with Gasteiger partial charge < -0.3 is 25.0 Å². The lowest BCUT2D eigenvalue weighted by Crippen LogP contribution is -2.53. The number of nitrogens with one attached hydrogen (secondary N) is 1. The second-order valence-electron chi connectivity index (χ2n) is 11.3. The maximum atomic E-state index is 14.6. The molecule has 4 heterocycles. The van der Waals surface area contributed by atoms with Crippen LogP contribution in [0.1, 0.15) is 43.8 Å². The molecule has 43 heavy (non-hydrogen) atoms. The Labute approximate surface area is 258 Å². The molecule has 2 atom stereocenters. The number of carbonyl (C=O) groups excluding carboxylic acids is 2. The van der Waals surface area contributed by atoms with E-state index in [0.717, 1.165) is 0 Å². The van der Waals surface area contributed by atoms with Gasteiger partial charge in [0.25, 0.3) is 0 Å². The maximum Gasteiger partial charge on any atom is 0.338 e. The number of fused-ring (bicyclic) bond motifs is 1. The number of aliphatic carboxylic acids is 1. The van der Waals surface area contributed by atoms with Crippen molar-refractivity contribution in [3.05, 3.63) is 62.5 Å². The summed E-state index contributed by atoms with van der Waals surface area (Å²) in [6.07, 6.45) is 2.00. The second-order valence-corrected chi connectivity index (χ2v) is 12.6. The van der Waals surface area contributed by atoms with Crippen LogP contribution in [-0.4, -0.2) is 101 Å². The summed E-state index contributed by atoms with van der Waals surface area (Å²) in [4.78, 5) is 52.9. The Hall–Kier alpha value is -3.55. The van der Waals surface area contributed by atoms with Gasteiger partial charge in [0.05, 0.1) is 28.7 Å². The molecule has 1 aromatic heterocycles. The van der Waals surface area contributed by atoms with Crippen LogP contribution in [0.2, 0.25) is 5.02 Å². The molecule has 0 unspecified atom stereocenters. The highest BCUT2D eigenvalue weighted by Crippen LogP contribution is 2.38. The number of hydrogen-bond donors (Lipinski definition) is 2. The molecule has 11 nitrogen and oxygen atoms in total. The van der Waals surface area contributed by atoms with Crippen LogP contribution in [0, 0.1) is 11.2 Å². The van der Waals surface area contributed by atoms with Gasteiger partial charge in [-0.15, -0.1) is 11.3 Å². The Morgan fingerprint density at radius 1 is 1.28 bits per heavy atom. The number of aromatic nitrogens is 1. The highest BCUT2D eigenvalue weighted by atomic mass is 35.5. The topological polar surface area (TPSA) is 128 Å². The van der Waals surface area contributed by atoms with Gasteiger partial charge in [-0.3, -0.25) is 14.7 Å². The van der Waals surface area contributed by atoms with Gasteiger partial charge in [0.1, 0.15) is 11.9 Å². The van der Waals surface area contributed by atoms with E-state index in [2.05, 4.69) is 15.2 Å². The van der Waals surface area contributed by atoms with E-state index in [-0.39, 0.29) is 29.3 Å². The third kappa shape index (κ3) is 6.38. The van der Waals surface area contributed by atoms with Crippen molar-refractivity contribution < 1.29 is 28.6 Å². The first kappa shape index (κ1) is 30.9. The molecule has 230 valence electrons. The van der Waals surface area contributed by atoms with E-state index in [9.17, 15) is 23.9 Å². The fraction of sp³-hybridized carbons (Fsp3) is 0.483. The largest absolute Gasteiger partial charge is 0.481 e. The van der Waals surface area contributed by atoms with E-state index < -0.39 is 29.2 Å². The van der Waals surface area contributed by atoms with Crippen LogP contribution < -0.4 is 5.32 Å². The molecule has 0 aliphatic carbocycles. The monoisotopic (exact) mass is 632 g/mol. The number of aliphatic imine (C=N–C) groups is 1. The Kier molecular flexibility index (Phi) is 9.04. The lowest BCUT2D eigenvalue weighted by Gasteiger charge is -2.38. The number of ether oxygens (including phenoxy) is 1. The molecule has 0 spiro atoms. The minimum atomic E-state index is -0.935. The number of halogens is 2. The van der Waals surface area contributed by atoms with Crippen LogP contribution in [0.25, 0.3) is 0 Å². The molecule has 2 aromatic rings. The lowest BCUT2D eigenvalue weighted by molar-refractivity contribution is -0.147. The number of hydrogen-bond acceptors (Lipinski definition) is 9. The van der Waals surface area contributed by atoms with Crippen molar-refractivity contribution in [2.75, 3.05) is 45.9 Å². The van der Waals surface area contributed by atoms with Gasteiger partial charge in [0.2, 0.25) is 0 Å². The van der Waals surface area contributed by atoms with Crippen molar-refractivity contribution in [2.24, 2.45) is 10.4 Å². The standard InChI is InChI=1S/C29H34ClFN6O5S/c1-4-42-26(38)21-20(33-24(25-32-9-13-43-25)34-23(21)18-6-5-7-19(31)22(18)30)16-35-11-12-37-17(14-35)15-36(28(37)41)10-8-29(2,3)27(39)40/h5-7,9,13,17,23H,4,8,10-12,14-16H2,1-3H3,(H,33,34)(H,39,40)/t17-,23-/m0/s1. The van der Waals surface area contributed by atoms with Crippen LogP contribution in [-0.2, 0) is 14.3 Å². The van der Waals surface area contributed by atoms with E-state index in [0.29, 0.717) is 67.8 Å². The van der Waals surface area contributed by atoms with Crippen molar-refractivity contribution in [3.63, 3.8) is 0 Å². The first-order valence-corrected chi connectivity index (χ1v) is 15.4. The van der Waals surface area contributed by atoms with E-state index in [1.807, 2.05) is 10.3 Å². The summed E-state index contributed by atoms with van der Waals surface area (Å²) in [7, 11) is 0. The zero-order valence-corrected chi connectivity index (χ0v) is 25.8. The minimum Gasteiger partial charge on any atom is -0.481 e. The minimum absolute atomic E-state index is 0.0907. The molecule has 2 N–H and O–H groups in total. The summed E-state index contributed by atoms with van der Waals surface area (Å²) in [5.41, 5.74) is 0.179. The highest BCUT2D eigenvalue weighted by Gasteiger charge is 2.42. The number of benzene rings is 1. The number of urea groups is 1. The summed E-state index contributed by atoms with van der Waals surface area (Å²) in [6, 6.07) is 3.31. The zero-order chi connectivity index (χ0) is 30.9. The number of nitrogens with zero attached hydrogens (tertiary/aromatic N) is 5. The first-order chi connectivity index (χ1) is 20.5. The first-order valence-electron chi connectivity index (χ1n) is 14.1. The van der Waals surface area contributed by atoms with E-state index >= 15 is 0 Å². The molecule has 14 heteroatoms. The summed E-state index contributed by atoms with van der Waals surface area (Å²) < 4.78 is 20.0. The number of thiazole rings is 1. The van der Waals surface area contributed by atoms with Crippen LogP contribution >= 0.6 is 22.9 Å². The molecule has 2 fully saturated rings. The van der Waals surface area contributed by atoms with Gasteiger partial charge in [0.15, 0.2) is 10.8 Å². The van der Waals surface area contributed by atoms with Gasteiger partial charge in [0, 0.05) is 62.1 Å². The normalized spacial score (nSPS) is 21.0. The van der Waals surface area contributed by atoms with Crippen molar-refractivity contribution in [3.8, 4) is 0 Å². The average molecular weight is 633 g/mol. The molecule has 2 amide bonds. The number of amidine groups is 1. The molecule has 5 rings (SSSR count). The number of amides is 2. The average Bonchev–Trinajstić information content (AvgIpc) is 3.61.